The molecular weight excluding hydrogens is 710 g/mol. The maximum absolute atomic E-state index is 13.1. The molecule has 0 unspecified atom stereocenters. The molecule has 0 aliphatic carbocycles. The number of aromatic carboxylic acids is 1. The molecule has 4 aromatic rings. The van der Waals surface area contributed by atoms with Gasteiger partial charge in [0.15, 0.2) is 6.29 Å². The van der Waals surface area contributed by atoms with Crippen LogP contribution in [-0.2, 0) is 32.2 Å². The number of hydrogen-bond acceptors (Lipinski definition) is 7. The van der Waals surface area contributed by atoms with E-state index in [-0.39, 0.29) is 49.8 Å². The van der Waals surface area contributed by atoms with Crippen LogP contribution in [0, 0.1) is 5.92 Å². The molecule has 2 saturated heterocycles. The standard InChI is InChI=1S/C40H39F3N2O7S/c1-24-34(23-53-32-16-14-28(15-17-32)37(48)49)51-38(52-35(24)27-12-10-25(22-46)11-13-27)31-8-3-7-30(20-31)29-6-2-5-26(19-29)21-44-36(47)33-9-4-18-45(33)39(50)40(41,42)43/h2-3,5-8,10-17,19-20,24,33-35,38,46H,4,9,18,21-23H2,1H3,(H,44,47)(H,48,49)/t24-,33-,34+,35+,38+/m0/s1. The van der Waals surface area contributed by atoms with Gasteiger partial charge in [-0.25, -0.2) is 4.79 Å². The molecule has 0 radical (unpaired) electrons. The number of alkyl halides is 3. The number of likely N-dealkylation sites (tertiary alicyclic amines) is 1. The average molecular weight is 749 g/mol. The van der Waals surface area contributed by atoms with Crippen molar-refractivity contribution in [2.75, 3.05) is 12.3 Å². The van der Waals surface area contributed by atoms with E-state index in [0.29, 0.717) is 17.1 Å². The van der Waals surface area contributed by atoms with Crippen LogP contribution in [0.4, 0.5) is 13.2 Å². The summed E-state index contributed by atoms with van der Waals surface area (Å²) in [6.07, 6.45) is -5.87. The number of carbonyl (C=O) groups is 3. The molecular formula is C40H39F3N2O7S. The van der Waals surface area contributed by atoms with Crippen molar-refractivity contribution in [3.8, 4) is 11.1 Å². The van der Waals surface area contributed by atoms with Gasteiger partial charge in [0.25, 0.3) is 0 Å². The van der Waals surface area contributed by atoms with Crippen LogP contribution < -0.4 is 5.32 Å². The summed E-state index contributed by atoms with van der Waals surface area (Å²) in [5.74, 6) is -3.09. The van der Waals surface area contributed by atoms with Crippen molar-refractivity contribution in [2.24, 2.45) is 5.92 Å². The number of amides is 2. The van der Waals surface area contributed by atoms with Gasteiger partial charge in [-0.3, -0.25) is 9.59 Å². The Morgan fingerprint density at radius 3 is 2.26 bits per heavy atom. The Kier molecular flexibility index (Phi) is 11.9. The van der Waals surface area contributed by atoms with Gasteiger partial charge in [0.2, 0.25) is 5.91 Å². The number of halogens is 3. The lowest BCUT2D eigenvalue weighted by Crippen LogP contribution is -2.50. The number of aliphatic hydroxyl groups is 1. The molecule has 2 fully saturated rings. The first-order valence-corrected chi connectivity index (χ1v) is 18.2. The molecule has 3 N–H and O–H groups in total. The van der Waals surface area contributed by atoms with Crippen molar-refractivity contribution in [2.45, 2.75) is 68.5 Å². The third-order valence-electron chi connectivity index (χ3n) is 9.58. The first kappa shape index (κ1) is 38.0. The number of carboxylic acids is 1. The second kappa shape index (κ2) is 16.5. The number of hydrogen-bond donors (Lipinski definition) is 3. The molecule has 5 atom stereocenters. The number of nitrogens with zero attached hydrogens (tertiary/aromatic N) is 1. The molecule has 53 heavy (non-hydrogen) atoms. The maximum atomic E-state index is 13.1. The minimum Gasteiger partial charge on any atom is -0.478 e. The van der Waals surface area contributed by atoms with Crippen LogP contribution in [0.1, 0.15) is 64.8 Å². The van der Waals surface area contributed by atoms with Crippen molar-refractivity contribution in [1.29, 1.82) is 0 Å². The number of benzene rings is 4. The van der Waals surface area contributed by atoms with E-state index in [2.05, 4.69) is 12.2 Å². The van der Waals surface area contributed by atoms with Crippen LogP contribution in [0.5, 0.6) is 0 Å². The first-order chi connectivity index (χ1) is 25.4. The van der Waals surface area contributed by atoms with E-state index in [4.69, 9.17) is 9.47 Å². The third-order valence-corrected chi connectivity index (χ3v) is 10.7. The largest absolute Gasteiger partial charge is 0.478 e. The Balaban J connectivity index is 1.18. The number of carboxylic acid groups (broad SMARTS) is 1. The van der Waals surface area contributed by atoms with Gasteiger partial charge in [-0.15, -0.1) is 11.8 Å². The molecule has 0 aromatic heterocycles. The second-order valence-electron chi connectivity index (χ2n) is 13.2. The lowest BCUT2D eigenvalue weighted by molar-refractivity contribution is -0.268. The summed E-state index contributed by atoms with van der Waals surface area (Å²) in [6.45, 7) is 1.95. The van der Waals surface area contributed by atoms with E-state index in [1.807, 2.05) is 66.7 Å². The lowest BCUT2D eigenvalue weighted by Gasteiger charge is -2.41. The Morgan fingerprint density at radius 2 is 1.58 bits per heavy atom. The molecule has 6 rings (SSSR count). The maximum Gasteiger partial charge on any atom is 0.471 e. The highest BCUT2D eigenvalue weighted by molar-refractivity contribution is 7.99. The Morgan fingerprint density at radius 1 is 0.887 bits per heavy atom. The summed E-state index contributed by atoms with van der Waals surface area (Å²) in [5, 5.41) is 21.6. The highest BCUT2D eigenvalue weighted by Crippen LogP contribution is 2.43. The Bertz CT molecular complexity index is 1920. The van der Waals surface area contributed by atoms with Crippen LogP contribution >= 0.6 is 11.8 Å². The second-order valence-corrected chi connectivity index (χ2v) is 14.3. The van der Waals surface area contributed by atoms with E-state index in [1.165, 1.54) is 0 Å². The molecule has 2 heterocycles. The zero-order valence-electron chi connectivity index (χ0n) is 28.8. The molecule has 2 aliphatic rings. The smallest absolute Gasteiger partial charge is 0.471 e. The summed E-state index contributed by atoms with van der Waals surface area (Å²) < 4.78 is 52.5. The van der Waals surface area contributed by atoms with E-state index in [9.17, 15) is 37.8 Å². The normalized spacial score (nSPS) is 21.7. The fourth-order valence-corrected chi connectivity index (χ4v) is 7.73. The number of ether oxygens (including phenoxy) is 2. The van der Waals surface area contributed by atoms with Gasteiger partial charge in [0.05, 0.1) is 24.4 Å². The minimum absolute atomic E-state index is 0.0602. The van der Waals surface area contributed by atoms with Crippen LogP contribution in [0.2, 0.25) is 0 Å². The van der Waals surface area contributed by atoms with Crippen molar-refractivity contribution in [1.82, 2.24) is 10.2 Å². The topological polar surface area (TPSA) is 125 Å². The van der Waals surface area contributed by atoms with Crippen molar-refractivity contribution >= 4 is 29.5 Å². The molecule has 0 saturated carbocycles. The molecule has 2 amide bonds. The monoisotopic (exact) mass is 748 g/mol. The molecule has 0 bridgehead atoms. The lowest BCUT2D eigenvalue weighted by atomic mass is 9.91. The average Bonchev–Trinajstić information content (AvgIpc) is 3.66. The third kappa shape index (κ3) is 9.10. The van der Waals surface area contributed by atoms with Gasteiger partial charge in [-0.2, -0.15) is 13.2 Å². The van der Waals surface area contributed by atoms with E-state index >= 15 is 0 Å². The predicted octanol–water partition coefficient (Wildman–Crippen LogP) is 7.30. The van der Waals surface area contributed by atoms with Gasteiger partial charge in [-0.1, -0.05) is 67.6 Å². The fraction of sp³-hybridized carbons (Fsp3) is 0.325. The van der Waals surface area contributed by atoms with Crippen LogP contribution in [0.15, 0.2) is 102 Å². The minimum atomic E-state index is -5.04. The summed E-state index contributed by atoms with van der Waals surface area (Å²) in [7, 11) is 0. The van der Waals surface area contributed by atoms with E-state index in [1.54, 1.807) is 42.1 Å². The molecule has 13 heteroatoms. The molecule has 9 nitrogen and oxygen atoms in total. The molecule has 0 spiro atoms. The highest BCUT2D eigenvalue weighted by Gasteiger charge is 2.47. The summed E-state index contributed by atoms with van der Waals surface area (Å²) in [5.41, 5.74) is 5.14. The predicted molar refractivity (Wildman–Crippen MR) is 192 cm³/mol. The number of rotatable bonds is 11. The van der Waals surface area contributed by atoms with Crippen LogP contribution in [0.25, 0.3) is 11.1 Å². The van der Waals surface area contributed by atoms with Gasteiger partial charge >= 0.3 is 18.1 Å². The summed E-state index contributed by atoms with van der Waals surface area (Å²) in [4.78, 5) is 37.5. The summed E-state index contributed by atoms with van der Waals surface area (Å²) >= 11 is 1.56. The molecule has 278 valence electrons. The fourth-order valence-electron chi connectivity index (χ4n) is 6.66. The quantitative estimate of drug-likeness (QED) is 0.137. The van der Waals surface area contributed by atoms with E-state index in [0.717, 1.165) is 38.3 Å². The highest BCUT2D eigenvalue weighted by atomic mass is 32.2. The van der Waals surface area contributed by atoms with Gasteiger partial charge in [0.1, 0.15) is 6.04 Å². The molecule has 4 aromatic carbocycles. The van der Waals surface area contributed by atoms with Crippen molar-refractivity contribution in [3.63, 3.8) is 0 Å². The number of aliphatic hydroxyl groups excluding tert-OH is 1. The van der Waals surface area contributed by atoms with Gasteiger partial charge < -0.3 is 29.9 Å². The van der Waals surface area contributed by atoms with Crippen molar-refractivity contribution in [3.05, 3.63) is 125 Å². The zero-order valence-corrected chi connectivity index (χ0v) is 29.6. The number of nitrogens with one attached hydrogen (secondary N) is 1. The van der Waals surface area contributed by atoms with Crippen LogP contribution in [-0.4, -0.2) is 63.5 Å². The SMILES string of the molecule is C[C@H]1[C@@H](CSc2ccc(C(=O)O)cc2)O[C@@H](c2cccc(-c3cccc(CNC(=O)[C@@H]4CCCN4C(=O)C(F)(F)F)c3)c2)O[C@H]1c1ccc(CO)cc1. The van der Waals surface area contributed by atoms with Crippen molar-refractivity contribution < 1.29 is 47.2 Å². The zero-order chi connectivity index (χ0) is 37.7. The Hall–Kier alpha value is -4.69. The number of thioether (sulfide) groups is 1. The molecule has 2 aliphatic heterocycles. The van der Waals surface area contributed by atoms with Crippen LogP contribution in [0.3, 0.4) is 0 Å². The van der Waals surface area contributed by atoms with Gasteiger partial charge in [0, 0.05) is 35.2 Å². The van der Waals surface area contributed by atoms with Gasteiger partial charge in [-0.05, 0) is 77.1 Å². The van der Waals surface area contributed by atoms with E-state index < -0.39 is 36.3 Å². The summed E-state index contributed by atoms with van der Waals surface area (Å²) in [6, 6.07) is 28.3. The number of carbonyl (C=O) groups excluding carboxylic acids is 2. The first-order valence-electron chi connectivity index (χ1n) is 17.2. The Labute approximate surface area is 309 Å².